The Kier molecular flexibility index (Phi) is 6.25. The van der Waals surface area contributed by atoms with Crippen LogP contribution in [0, 0.1) is 17.3 Å². The molecule has 0 aromatic heterocycles. The molecule has 3 atom stereocenters. The van der Waals surface area contributed by atoms with Gasteiger partial charge in [0.15, 0.2) is 0 Å². The SMILES string of the molecule is CC1CCCC(C(C)(C)C)CC([Si](C)(C)C2CCCC2)CC1. The lowest BCUT2D eigenvalue weighted by Crippen LogP contribution is -2.39. The smallest absolute Gasteiger partial charge is 0.0536 e. The van der Waals surface area contributed by atoms with Gasteiger partial charge in [0.05, 0.1) is 8.07 Å². The van der Waals surface area contributed by atoms with Gasteiger partial charge in [-0.2, -0.15) is 0 Å². The van der Waals surface area contributed by atoms with Crippen molar-refractivity contribution < 1.29 is 0 Å². The van der Waals surface area contributed by atoms with Crippen molar-refractivity contribution in [1.29, 1.82) is 0 Å². The normalized spacial score (nSPS) is 33.3. The van der Waals surface area contributed by atoms with Crippen LogP contribution < -0.4 is 0 Å². The molecule has 2 aliphatic rings. The molecule has 130 valence electrons. The monoisotopic (exact) mass is 322 g/mol. The van der Waals surface area contributed by atoms with Gasteiger partial charge in [-0.15, -0.1) is 0 Å². The third kappa shape index (κ3) is 4.62. The zero-order valence-corrected chi connectivity index (χ0v) is 17.4. The van der Waals surface area contributed by atoms with Gasteiger partial charge in [-0.25, -0.2) is 0 Å². The van der Waals surface area contributed by atoms with Gasteiger partial charge in [-0.3, -0.25) is 0 Å². The molecular formula is C21H42Si. The van der Waals surface area contributed by atoms with Crippen molar-refractivity contribution in [3.63, 3.8) is 0 Å². The van der Waals surface area contributed by atoms with E-state index in [1.807, 2.05) is 0 Å². The second kappa shape index (κ2) is 7.41. The Morgan fingerprint density at radius 2 is 1.36 bits per heavy atom. The van der Waals surface area contributed by atoms with Crippen molar-refractivity contribution in [2.75, 3.05) is 0 Å². The second-order valence-corrected chi connectivity index (χ2v) is 15.7. The fourth-order valence-electron chi connectivity index (χ4n) is 5.39. The zero-order valence-electron chi connectivity index (χ0n) is 16.4. The van der Waals surface area contributed by atoms with E-state index in [2.05, 4.69) is 40.8 Å². The Morgan fingerprint density at radius 3 is 1.95 bits per heavy atom. The lowest BCUT2D eigenvalue weighted by molar-refractivity contribution is 0.203. The molecule has 0 amide bonds. The quantitative estimate of drug-likeness (QED) is 0.458. The first-order chi connectivity index (χ1) is 10.2. The van der Waals surface area contributed by atoms with Crippen LogP contribution >= 0.6 is 0 Å². The van der Waals surface area contributed by atoms with Crippen LogP contribution in [0.4, 0.5) is 0 Å². The van der Waals surface area contributed by atoms with Crippen LogP contribution in [0.25, 0.3) is 0 Å². The lowest BCUT2D eigenvalue weighted by Gasteiger charge is -2.42. The molecule has 0 nitrogen and oxygen atoms in total. The van der Waals surface area contributed by atoms with Crippen LogP contribution in [-0.4, -0.2) is 8.07 Å². The van der Waals surface area contributed by atoms with Crippen molar-refractivity contribution in [1.82, 2.24) is 0 Å². The molecule has 0 radical (unpaired) electrons. The minimum Gasteiger partial charge on any atom is -0.0689 e. The third-order valence-electron chi connectivity index (χ3n) is 7.51. The highest BCUT2D eigenvalue weighted by molar-refractivity contribution is 6.80. The number of rotatable bonds is 2. The van der Waals surface area contributed by atoms with Gasteiger partial charge >= 0.3 is 0 Å². The summed E-state index contributed by atoms with van der Waals surface area (Å²) in [5, 5.41) is 0. The van der Waals surface area contributed by atoms with Gasteiger partial charge in [-0.1, -0.05) is 92.2 Å². The minimum atomic E-state index is -1.10. The minimum absolute atomic E-state index is 0.506. The van der Waals surface area contributed by atoms with Gasteiger partial charge in [0.2, 0.25) is 0 Å². The summed E-state index contributed by atoms with van der Waals surface area (Å²) < 4.78 is 0. The third-order valence-corrected chi connectivity index (χ3v) is 12.8. The van der Waals surface area contributed by atoms with Gasteiger partial charge in [-0.05, 0) is 41.2 Å². The maximum Gasteiger partial charge on any atom is 0.0536 e. The molecule has 1 heteroatoms. The molecule has 3 unspecified atom stereocenters. The van der Waals surface area contributed by atoms with E-state index < -0.39 is 8.07 Å². The van der Waals surface area contributed by atoms with Crippen LogP contribution in [0.3, 0.4) is 0 Å². The molecule has 22 heavy (non-hydrogen) atoms. The molecule has 0 spiro atoms. The standard InChI is InChI=1S/C21H42Si/c1-17-10-9-11-18(21(2,3)4)16-20(15-14-17)22(5,6)19-12-7-8-13-19/h17-20H,7-16H2,1-6H3. The van der Waals surface area contributed by atoms with E-state index in [0.29, 0.717) is 5.41 Å². The molecule has 2 rings (SSSR count). The van der Waals surface area contributed by atoms with Crippen LogP contribution in [0.15, 0.2) is 0 Å². The molecule has 0 aromatic carbocycles. The first-order valence-electron chi connectivity index (χ1n) is 10.2. The Balaban J connectivity index is 2.16. The van der Waals surface area contributed by atoms with E-state index in [9.17, 15) is 0 Å². The molecule has 0 aromatic rings. The molecule has 2 aliphatic carbocycles. The molecule has 0 N–H and O–H groups in total. The highest BCUT2D eigenvalue weighted by Gasteiger charge is 2.42. The Bertz CT molecular complexity index is 332. The topological polar surface area (TPSA) is 0 Å². The summed E-state index contributed by atoms with van der Waals surface area (Å²) in [4.78, 5) is 0. The molecule has 2 saturated carbocycles. The van der Waals surface area contributed by atoms with Crippen LogP contribution in [0.5, 0.6) is 0 Å². The van der Waals surface area contributed by atoms with E-state index in [1.54, 1.807) is 25.7 Å². The van der Waals surface area contributed by atoms with E-state index in [4.69, 9.17) is 0 Å². The Morgan fingerprint density at radius 1 is 0.727 bits per heavy atom. The fourth-order valence-corrected chi connectivity index (χ4v) is 9.75. The predicted octanol–water partition coefficient (Wildman–Crippen LogP) is 7.66. The first kappa shape index (κ1) is 18.6. The molecule has 0 saturated heterocycles. The van der Waals surface area contributed by atoms with E-state index in [0.717, 1.165) is 22.9 Å². The molecular weight excluding hydrogens is 280 g/mol. The van der Waals surface area contributed by atoms with Gasteiger partial charge in [0.25, 0.3) is 0 Å². The maximum atomic E-state index is 2.76. The number of hydrogen-bond acceptors (Lipinski definition) is 0. The van der Waals surface area contributed by atoms with E-state index >= 15 is 0 Å². The molecule has 2 fully saturated rings. The summed E-state index contributed by atoms with van der Waals surface area (Å²) in [5.74, 6) is 1.92. The van der Waals surface area contributed by atoms with Crippen molar-refractivity contribution in [3.8, 4) is 0 Å². The first-order valence-corrected chi connectivity index (χ1v) is 13.4. The van der Waals surface area contributed by atoms with E-state index in [1.165, 1.54) is 38.5 Å². The average Bonchev–Trinajstić information content (AvgIpc) is 2.95. The van der Waals surface area contributed by atoms with Gasteiger partial charge in [0, 0.05) is 0 Å². The summed E-state index contributed by atoms with van der Waals surface area (Å²) in [6.07, 6.45) is 15.2. The van der Waals surface area contributed by atoms with Crippen LogP contribution in [0.2, 0.25) is 24.2 Å². The lowest BCUT2D eigenvalue weighted by atomic mass is 9.75. The Hall–Kier alpha value is 0.217. The van der Waals surface area contributed by atoms with Crippen molar-refractivity contribution in [2.45, 2.75) is 116 Å². The van der Waals surface area contributed by atoms with E-state index in [-0.39, 0.29) is 0 Å². The highest BCUT2D eigenvalue weighted by Crippen LogP contribution is 2.51. The van der Waals surface area contributed by atoms with Crippen LogP contribution in [0.1, 0.15) is 91.9 Å². The summed E-state index contributed by atoms with van der Waals surface area (Å²) in [6.45, 7) is 15.5. The summed E-state index contributed by atoms with van der Waals surface area (Å²) >= 11 is 0. The van der Waals surface area contributed by atoms with Crippen molar-refractivity contribution >= 4 is 8.07 Å². The van der Waals surface area contributed by atoms with Gasteiger partial charge < -0.3 is 0 Å². The Labute approximate surface area is 141 Å². The molecule has 0 aliphatic heterocycles. The average molecular weight is 323 g/mol. The summed E-state index contributed by atoms with van der Waals surface area (Å²) in [6, 6.07) is 0. The summed E-state index contributed by atoms with van der Waals surface area (Å²) in [5.41, 5.74) is 2.72. The summed E-state index contributed by atoms with van der Waals surface area (Å²) in [7, 11) is -1.10. The molecule has 0 heterocycles. The highest BCUT2D eigenvalue weighted by atomic mass is 28.3. The largest absolute Gasteiger partial charge is 0.0689 e. The maximum absolute atomic E-state index is 2.76. The van der Waals surface area contributed by atoms with Crippen molar-refractivity contribution in [3.05, 3.63) is 0 Å². The second-order valence-electron chi connectivity index (χ2n) is 10.4. The fraction of sp³-hybridized carbons (Fsp3) is 1.00. The van der Waals surface area contributed by atoms with Crippen molar-refractivity contribution in [2.24, 2.45) is 17.3 Å². The molecule has 0 bridgehead atoms. The zero-order chi connectivity index (χ0) is 16.4. The predicted molar refractivity (Wildman–Crippen MR) is 103 cm³/mol. The van der Waals surface area contributed by atoms with Crippen LogP contribution in [-0.2, 0) is 0 Å². The van der Waals surface area contributed by atoms with Gasteiger partial charge in [0.1, 0.15) is 0 Å². The number of hydrogen-bond donors (Lipinski definition) is 0.